The highest BCUT2D eigenvalue weighted by Gasteiger charge is 2.19. The standard InChI is InChI=1S/C16H28N2O2/c1-13-4-7-18(8-5-13)12-16(19)11-17(3)10-15-6-9-20-14(15)2/h6,9,13,16,19H,4-5,7-8,10-12H2,1-3H3. The van der Waals surface area contributed by atoms with Gasteiger partial charge in [-0.15, -0.1) is 0 Å². The van der Waals surface area contributed by atoms with E-state index in [-0.39, 0.29) is 6.10 Å². The summed E-state index contributed by atoms with van der Waals surface area (Å²) in [5, 5.41) is 10.2. The molecule has 1 fully saturated rings. The third kappa shape index (κ3) is 4.62. The molecule has 0 spiro atoms. The van der Waals surface area contributed by atoms with Crippen LogP contribution in [0.15, 0.2) is 16.7 Å². The van der Waals surface area contributed by atoms with Crippen LogP contribution in [0.4, 0.5) is 0 Å². The van der Waals surface area contributed by atoms with E-state index >= 15 is 0 Å². The number of rotatable bonds is 6. The average molecular weight is 280 g/mol. The van der Waals surface area contributed by atoms with Gasteiger partial charge in [0, 0.05) is 25.2 Å². The Morgan fingerprint density at radius 1 is 1.45 bits per heavy atom. The SMILES string of the molecule is Cc1occc1CN(C)CC(O)CN1CCC(C)CC1. The van der Waals surface area contributed by atoms with E-state index in [2.05, 4.69) is 16.7 Å². The number of aliphatic hydroxyl groups excluding tert-OH is 1. The average Bonchev–Trinajstić information content (AvgIpc) is 2.77. The van der Waals surface area contributed by atoms with Crippen molar-refractivity contribution in [1.82, 2.24) is 9.80 Å². The van der Waals surface area contributed by atoms with E-state index in [4.69, 9.17) is 4.42 Å². The molecule has 1 atom stereocenters. The van der Waals surface area contributed by atoms with Crippen molar-refractivity contribution in [2.75, 3.05) is 33.2 Å². The van der Waals surface area contributed by atoms with Gasteiger partial charge < -0.3 is 14.4 Å². The van der Waals surface area contributed by atoms with Gasteiger partial charge in [-0.1, -0.05) is 6.92 Å². The zero-order valence-corrected chi connectivity index (χ0v) is 13.0. The van der Waals surface area contributed by atoms with Crippen molar-refractivity contribution in [2.45, 2.75) is 39.3 Å². The van der Waals surface area contributed by atoms with Gasteiger partial charge in [-0.2, -0.15) is 0 Å². The molecule has 0 aromatic carbocycles. The van der Waals surface area contributed by atoms with Gasteiger partial charge in [0.1, 0.15) is 5.76 Å². The minimum absolute atomic E-state index is 0.277. The van der Waals surface area contributed by atoms with Gasteiger partial charge >= 0.3 is 0 Å². The van der Waals surface area contributed by atoms with Gasteiger partial charge in [-0.3, -0.25) is 4.90 Å². The lowest BCUT2D eigenvalue weighted by Gasteiger charge is -2.32. The highest BCUT2D eigenvalue weighted by atomic mass is 16.3. The number of likely N-dealkylation sites (N-methyl/N-ethyl adjacent to an activating group) is 1. The Balaban J connectivity index is 1.71. The molecule has 1 aromatic heterocycles. The molecule has 4 nitrogen and oxygen atoms in total. The van der Waals surface area contributed by atoms with E-state index in [0.29, 0.717) is 6.54 Å². The van der Waals surface area contributed by atoms with Crippen LogP contribution in [0.3, 0.4) is 0 Å². The summed E-state index contributed by atoms with van der Waals surface area (Å²) in [6.07, 6.45) is 3.97. The van der Waals surface area contributed by atoms with Crippen molar-refractivity contribution in [3.05, 3.63) is 23.7 Å². The van der Waals surface area contributed by atoms with Crippen LogP contribution >= 0.6 is 0 Å². The number of hydrogen-bond acceptors (Lipinski definition) is 4. The van der Waals surface area contributed by atoms with E-state index in [1.165, 1.54) is 18.4 Å². The minimum atomic E-state index is -0.277. The lowest BCUT2D eigenvalue weighted by atomic mass is 9.99. The second kappa shape index (κ2) is 7.25. The first-order chi connectivity index (χ1) is 9.54. The number of piperidine rings is 1. The maximum atomic E-state index is 10.2. The van der Waals surface area contributed by atoms with Gasteiger partial charge in [-0.05, 0) is 51.9 Å². The van der Waals surface area contributed by atoms with Crippen LogP contribution < -0.4 is 0 Å². The molecule has 0 saturated carbocycles. The second-order valence-corrected chi connectivity index (χ2v) is 6.34. The Hall–Kier alpha value is -0.840. The van der Waals surface area contributed by atoms with Crippen molar-refractivity contribution in [3.63, 3.8) is 0 Å². The zero-order valence-electron chi connectivity index (χ0n) is 13.0. The van der Waals surface area contributed by atoms with Crippen LogP contribution in [-0.4, -0.2) is 54.2 Å². The Kier molecular flexibility index (Phi) is 5.64. The van der Waals surface area contributed by atoms with E-state index in [9.17, 15) is 5.11 Å². The molecule has 1 unspecified atom stereocenters. The van der Waals surface area contributed by atoms with E-state index in [0.717, 1.165) is 37.9 Å². The monoisotopic (exact) mass is 280 g/mol. The molecule has 1 aliphatic heterocycles. The summed E-state index contributed by atoms with van der Waals surface area (Å²) < 4.78 is 5.30. The van der Waals surface area contributed by atoms with Crippen LogP contribution in [-0.2, 0) is 6.54 Å². The number of aryl methyl sites for hydroxylation is 1. The van der Waals surface area contributed by atoms with Crippen molar-refractivity contribution in [3.8, 4) is 0 Å². The Morgan fingerprint density at radius 2 is 2.15 bits per heavy atom. The summed E-state index contributed by atoms with van der Waals surface area (Å²) in [6, 6.07) is 2.00. The van der Waals surface area contributed by atoms with E-state index < -0.39 is 0 Å². The number of likely N-dealkylation sites (tertiary alicyclic amines) is 1. The Labute approximate surface area is 122 Å². The first-order valence-corrected chi connectivity index (χ1v) is 7.66. The predicted octanol–water partition coefficient (Wildman–Crippen LogP) is 2.11. The fourth-order valence-electron chi connectivity index (χ4n) is 2.89. The molecule has 1 saturated heterocycles. The maximum absolute atomic E-state index is 10.2. The largest absolute Gasteiger partial charge is 0.469 e. The highest BCUT2D eigenvalue weighted by Crippen LogP contribution is 2.16. The number of hydrogen-bond donors (Lipinski definition) is 1. The first-order valence-electron chi connectivity index (χ1n) is 7.66. The first kappa shape index (κ1) is 15.5. The summed E-state index contributed by atoms with van der Waals surface area (Å²) >= 11 is 0. The molecule has 4 heteroatoms. The quantitative estimate of drug-likeness (QED) is 0.866. The molecule has 1 N–H and O–H groups in total. The Morgan fingerprint density at radius 3 is 2.75 bits per heavy atom. The molecule has 0 bridgehead atoms. The summed E-state index contributed by atoms with van der Waals surface area (Å²) in [6.45, 7) is 8.88. The summed E-state index contributed by atoms with van der Waals surface area (Å²) in [4.78, 5) is 4.55. The van der Waals surface area contributed by atoms with E-state index in [1.807, 2.05) is 20.0 Å². The molecule has 20 heavy (non-hydrogen) atoms. The molecule has 0 radical (unpaired) electrons. The van der Waals surface area contributed by atoms with Crippen molar-refractivity contribution in [1.29, 1.82) is 0 Å². The van der Waals surface area contributed by atoms with Gasteiger partial charge in [0.15, 0.2) is 0 Å². The zero-order chi connectivity index (χ0) is 14.5. The summed E-state index contributed by atoms with van der Waals surface area (Å²) in [5.74, 6) is 1.81. The molecule has 0 aliphatic carbocycles. The fourth-order valence-corrected chi connectivity index (χ4v) is 2.89. The van der Waals surface area contributed by atoms with Gasteiger partial charge in [0.2, 0.25) is 0 Å². The van der Waals surface area contributed by atoms with Gasteiger partial charge in [0.25, 0.3) is 0 Å². The number of aliphatic hydroxyl groups is 1. The third-order valence-corrected chi connectivity index (χ3v) is 4.27. The van der Waals surface area contributed by atoms with E-state index in [1.54, 1.807) is 6.26 Å². The Bertz CT molecular complexity index is 397. The van der Waals surface area contributed by atoms with Gasteiger partial charge in [0.05, 0.1) is 12.4 Å². The number of β-amino-alcohol motifs (C(OH)–C–C–N with tert-alkyl or cyclic N) is 1. The molecule has 114 valence electrons. The van der Waals surface area contributed by atoms with Crippen LogP contribution in [0.2, 0.25) is 0 Å². The van der Waals surface area contributed by atoms with Crippen molar-refractivity contribution in [2.24, 2.45) is 5.92 Å². The molecule has 0 amide bonds. The van der Waals surface area contributed by atoms with Crippen molar-refractivity contribution < 1.29 is 9.52 Å². The molecular weight excluding hydrogens is 252 g/mol. The lowest BCUT2D eigenvalue weighted by Crippen LogP contribution is -2.42. The second-order valence-electron chi connectivity index (χ2n) is 6.34. The van der Waals surface area contributed by atoms with Crippen LogP contribution in [0.5, 0.6) is 0 Å². The van der Waals surface area contributed by atoms with Gasteiger partial charge in [-0.25, -0.2) is 0 Å². The molecule has 1 aliphatic rings. The molecular formula is C16H28N2O2. The topological polar surface area (TPSA) is 39.9 Å². The minimum Gasteiger partial charge on any atom is -0.469 e. The number of nitrogens with zero attached hydrogens (tertiary/aromatic N) is 2. The van der Waals surface area contributed by atoms with Crippen LogP contribution in [0.1, 0.15) is 31.1 Å². The number of furan rings is 1. The van der Waals surface area contributed by atoms with Crippen LogP contribution in [0.25, 0.3) is 0 Å². The lowest BCUT2D eigenvalue weighted by molar-refractivity contribution is 0.0661. The predicted molar refractivity (Wildman–Crippen MR) is 80.6 cm³/mol. The highest BCUT2D eigenvalue weighted by molar-refractivity contribution is 5.14. The molecule has 2 heterocycles. The normalized spacial score (nSPS) is 19.6. The third-order valence-electron chi connectivity index (χ3n) is 4.27. The fraction of sp³-hybridized carbons (Fsp3) is 0.750. The molecule has 1 aromatic rings. The maximum Gasteiger partial charge on any atom is 0.105 e. The summed E-state index contributed by atoms with van der Waals surface area (Å²) in [7, 11) is 2.05. The summed E-state index contributed by atoms with van der Waals surface area (Å²) in [5.41, 5.74) is 1.20. The smallest absolute Gasteiger partial charge is 0.105 e. The van der Waals surface area contributed by atoms with Crippen molar-refractivity contribution >= 4 is 0 Å². The van der Waals surface area contributed by atoms with Crippen LogP contribution in [0, 0.1) is 12.8 Å². The molecule has 2 rings (SSSR count).